The zero-order valence-corrected chi connectivity index (χ0v) is 19.8. The molecule has 7 nitrogen and oxygen atoms in total. The van der Waals surface area contributed by atoms with E-state index >= 15 is 0 Å². The first kappa shape index (κ1) is 22.5. The van der Waals surface area contributed by atoms with Crippen molar-refractivity contribution in [2.45, 2.75) is 24.8 Å². The molecule has 2 heterocycles. The number of benzene rings is 2. The fourth-order valence-electron chi connectivity index (χ4n) is 3.37. The van der Waals surface area contributed by atoms with Gasteiger partial charge in [-0.25, -0.2) is 9.67 Å². The number of thioether (sulfide) groups is 1. The Balaban J connectivity index is 1.72. The summed E-state index contributed by atoms with van der Waals surface area (Å²) in [6.45, 7) is 4.06. The number of carbonyl (C=O) groups is 2. The second-order valence-electron chi connectivity index (χ2n) is 8.09. The Morgan fingerprint density at radius 1 is 1.03 bits per heavy atom. The summed E-state index contributed by atoms with van der Waals surface area (Å²) in [5, 5.41) is 8.05. The van der Waals surface area contributed by atoms with Crippen molar-refractivity contribution in [1.29, 1.82) is 0 Å². The van der Waals surface area contributed by atoms with Crippen LogP contribution < -0.4 is 5.32 Å². The molecule has 33 heavy (non-hydrogen) atoms. The number of hydrogen-bond acceptors (Lipinski definition) is 5. The highest BCUT2D eigenvalue weighted by molar-refractivity contribution is 8.13. The van der Waals surface area contributed by atoms with Gasteiger partial charge in [0, 0.05) is 36.3 Å². The smallest absolute Gasteiger partial charge is 0.285 e. The number of anilines is 1. The lowest BCUT2D eigenvalue weighted by molar-refractivity contribution is 0.102. The molecule has 4 rings (SSSR count). The van der Waals surface area contributed by atoms with Crippen molar-refractivity contribution < 1.29 is 9.59 Å². The Bertz CT molecular complexity index is 1320. The van der Waals surface area contributed by atoms with Gasteiger partial charge in [0.25, 0.3) is 11.1 Å². The monoisotopic (exact) mass is 459 g/mol. The molecule has 0 saturated carbocycles. The van der Waals surface area contributed by atoms with E-state index in [1.165, 1.54) is 4.90 Å². The van der Waals surface area contributed by atoms with Gasteiger partial charge in [-0.3, -0.25) is 9.59 Å². The minimum Gasteiger partial charge on any atom is -0.339 e. The largest absolute Gasteiger partial charge is 0.339 e. The zero-order chi connectivity index (χ0) is 23.5. The lowest BCUT2D eigenvalue weighted by Crippen LogP contribution is -2.16. The van der Waals surface area contributed by atoms with Crippen molar-refractivity contribution in [2.24, 2.45) is 0 Å². The third kappa shape index (κ3) is 4.90. The van der Waals surface area contributed by atoms with Crippen molar-refractivity contribution in [3.8, 4) is 11.3 Å². The van der Waals surface area contributed by atoms with Crippen LogP contribution in [-0.4, -0.2) is 44.9 Å². The third-order valence-corrected chi connectivity index (χ3v) is 6.06. The molecule has 0 atom stereocenters. The number of amides is 2. The lowest BCUT2D eigenvalue weighted by atomic mass is 10.1. The van der Waals surface area contributed by atoms with Gasteiger partial charge in [0.05, 0.1) is 22.8 Å². The van der Waals surface area contributed by atoms with Crippen LogP contribution in [0.3, 0.4) is 0 Å². The maximum absolute atomic E-state index is 13.4. The maximum atomic E-state index is 13.4. The van der Waals surface area contributed by atoms with Crippen LogP contribution in [0.1, 0.15) is 30.2 Å². The van der Waals surface area contributed by atoms with Crippen LogP contribution in [0, 0.1) is 0 Å². The third-order valence-electron chi connectivity index (χ3n) is 5.03. The van der Waals surface area contributed by atoms with Crippen molar-refractivity contribution in [3.63, 3.8) is 0 Å². The van der Waals surface area contributed by atoms with Gasteiger partial charge in [0.15, 0.2) is 5.65 Å². The summed E-state index contributed by atoms with van der Waals surface area (Å²) in [5.41, 5.74) is 3.40. The molecule has 1 N–H and O–H groups in total. The lowest BCUT2D eigenvalue weighted by Gasteiger charge is -2.12. The fourth-order valence-corrected chi connectivity index (χ4v) is 4.09. The first-order chi connectivity index (χ1) is 15.8. The molecular weight excluding hydrogens is 434 g/mol. The van der Waals surface area contributed by atoms with Crippen molar-refractivity contribution in [1.82, 2.24) is 19.7 Å². The van der Waals surface area contributed by atoms with E-state index in [1.54, 1.807) is 38.5 Å². The number of pyridine rings is 1. The summed E-state index contributed by atoms with van der Waals surface area (Å²) >= 11 is 1.11. The molecule has 4 aromatic rings. The molecule has 0 radical (unpaired) electrons. The average molecular weight is 460 g/mol. The average Bonchev–Trinajstić information content (AvgIpc) is 3.23. The van der Waals surface area contributed by atoms with Gasteiger partial charge in [-0.2, -0.15) is 5.10 Å². The summed E-state index contributed by atoms with van der Waals surface area (Å²) in [4.78, 5) is 32.5. The van der Waals surface area contributed by atoms with Crippen molar-refractivity contribution in [2.75, 3.05) is 19.4 Å². The molecule has 2 aromatic heterocycles. The first-order valence-electron chi connectivity index (χ1n) is 10.6. The highest BCUT2D eigenvalue weighted by Gasteiger charge is 2.19. The predicted molar refractivity (Wildman–Crippen MR) is 133 cm³/mol. The summed E-state index contributed by atoms with van der Waals surface area (Å²) in [5.74, 6) is -0.260. The molecule has 2 aromatic carbocycles. The van der Waals surface area contributed by atoms with E-state index in [0.29, 0.717) is 28.0 Å². The molecule has 0 aliphatic carbocycles. The Morgan fingerprint density at radius 2 is 1.79 bits per heavy atom. The first-order valence-corrected chi connectivity index (χ1v) is 11.4. The van der Waals surface area contributed by atoms with E-state index in [2.05, 4.69) is 10.4 Å². The molecule has 0 aliphatic rings. The second-order valence-corrected chi connectivity index (χ2v) is 9.11. The number of aromatic nitrogens is 3. The molecular formula is C25H25N5O2S. The van der Waals surface area contributed by atoms with Crippen LogP contribution in [0.2, 0.25) is 0 Å². The molecule has 0 fully saturated rings. The topological polar surface area (TPSA) is 80.1 Å². The van der Waals surface area contributed by atoms with E-state index in [-0.39, 0.29) is 17.2 Å². The molecule has 0 unspecified atom stereocenters. The maximum Gasteiger partial charge on any atom is 0.285 e. The molecule has 168 valence electrons. The highest BCUT2D eigenvalue weighted by atomic mass is 32.2. The molecule has 0 saturated heterocycles. The highest BCUT2D eigenvalue weighted by Crippen LogP contribution is 2.28. The number of nitrogens with zero attached hydrogens (tertiary/aromatic N) is 4. The predicted octanol–water partition coefficient (Wildman–Crippen LogP) is 5.71. The second kappa shape index (κ2) is 9.46. The summed E-state index contributed by atoms with van der Waals surface area (Å²) < 4.78 is 1.82. The van der Waals surface area contributed by atoms with E-state index in [4.69, 9.17) is 4.98 Å². The normalized spacial score (nSPS) is 11.1. The van der Waals surface area contributed by atoms with Crippen molar-refractivity contribution in [3.05, 3.63) is 72.4 Å². The van der Waals surface area contributed by atoms with Gasteiger partial charge in [-0.1, -0.05) is 36.4 Å². The van der Waals surface area contributed by atoms with Crippen LogP contribution in [0.4, 0.5) is 10.5 Å². The molecule has 2 amide bonds. The number of nitrogens with one attached hydrogen (secondary N) is 1. The van der Waals surface area contributed by atoms with Gasteiger partial charge >= 0.3 is 0 Å². The van der Waals surface area contributed by atoms with E-state index in [1.807, 2.05) is 61.0 Å². The van der Waals surface area contributed by atoms with Crippen LogP contribution in [0.25, 0.3) is 22.3 Å². The zero-order valence-electron chi connectivity index (χ0n) is 18.9. The SMILES string of the molecule is CC(C)n1ncc2c(C(=O)Nc3cccc(SC(=O)N(C)C)c3)cc(-c3ccccc3)nc21. The van der Waals surface area contributed by atoms with Gasteiger partial charge < -0.3 is 10.2 Å². The number of carbonyl (C=O) groups excluding carboxylic acids is 2. The van der Waals surface area contributed by atoms with Gasteiger partial charge in [-0.15, -0.1) is 0 Å². The molecule has 0 bridgehead atoms. The Morgan fingerprint density at radius 3 is 2.48 bits per heavy atom. The minimum atomic E-state index is -0.260. The van der Waals surface area contributed by atoms with Gasteiger partial charge in [-0.05, 0) is 49.9 Å². The van der Waals surface area contributed by atoms with Crippen molar-refractivity contribution >= 4 is 39.6 Å². The van der Waals surface area contributed by atoms with Gasteiger partial charge in [0.1, 0.15) is 0 Å². The minimum absolute atomic E-state index is 0.0806. The molecule has 0 spiro atoms. The summed E-state index contributed by atoms with van der Waals surface area (Å²) in [6.07, 6.45) is 1.69. The van der Waals surface area contributed by atoms with E-state index < -0.39 is 0 Å². The molecule has 0 aliphatic heterocycles. The van der Waals surface area contributed by atoms with Crippen LogP contribution >= 0.6 is 11.8 Å². The number of rotatable bonds is 5. The summed E-state index contributed by atoms with van der Waals surface area (Å²) in [7, 11) is 3.41. The number of hydrogen-bond donors (Lipinski definition) is 1. The Kier molecular flexibility index (Phi) is 6.46. The quantitative estimate of drug-likeness (QED) is 0.387. The van der Waals surface area contributed by atoms with Gasteiger partial charge in [0.2, 0.25) is 0 Å². The van der Waals surface area contributed by atoms with Crippen LogP contribution in [-0.2, 0) is 0 Å². The van der Waals surface area contributed by atoms with E-state index in [0.717, 1.165) is 22.2 Å². The van der Waals surface area contributed by atoms with Crippen LogP contribution in [0.5, 0.6) is 0 Å². The van der Waals surface area contributed by atoms with Crippen LogP contribution in [0.15, 0.2) is 71.8 Å². The summed E-state index contributed by atoms with van der Waals surface area (Å²) in [6, 6.07) is 18.9. The fraction of sp³-hybridized carbons (Fsp3) is 0.200. The van der Waals surface area contributed by atoms with E-state index in [9.17, 15) is 9.59 Å². The molecule has 8 heteroatoms. The number of fused-ring (bicyclic) bond motifs is 1. The Hall–Kier alpha value is -3.65. The Labute approximate surface area is 196 Å². The standard InChI is InChI=1S/C25H25N5O2S/c1-16(2)30-23-21(15-26-30)20(14-22(28-23)17-9-6-5-7-10-17)24(31)27-18-11-8-12-19(13-18)33-25(32)29(3)4/h5-16H,1-4H3,(H,27,31).